The number of benzene rings is 2. The molecule has 0 bridgehead atoms. The maximum absolute atomic E-state index is 12.4. The molecule has 0 amide bonds. The van der Waals surface area contributed by atoms with Gasteiger partial charge in [-0.15, -0.1) is 5.69 Å². The van der Waals surface area contributed by atoms with Gasteiger partial charge in [-0.3, -0.25) is 0 Å². The zero-order chi connectivity index (χ0) is 15.5. The molecule has 0 heterocycles. The van der Waals surface area contributed by atoms with Crippen LogP contribution >= 0.6 is 0 Å². The van der Waals surface area contributed by atoms with Gasteiger partial charge >= 0.3 is 0 Å². The lowest BCUT2D eigenvalue weighted by Crippen LogP contribution is -2.47. The van der Waals surface area contributed by atoms with Gasteiger partial charge in [0, 0.05) is 5.56 Å². The number of nitrogens with zero attached hydrogens (tertiary/aromatic N) is 2. The zero-order valence-corrected chi connectivity index (χ0v) is 12.4. The monoisotopic (exact) mass is 301 g/mol. The minimum Gasteiger partial charge on any atom is -0.573 e. The van der Waals surface area contributed by atoms with Crippen molar-refractivity contribution in [3.8, 4) is 6.07 Å². The van der Waals surface area contributed by atoms with Crippen molar-refractivity contribution < 1.29 is 14.2 Å². The molecule has 3 N–H and O–H groups in total. The zero-order valence-electron chi connectivity index (χ0n) is 11.6. The summed E-state index contributed by atoms with van der Waals surface area (Å²) in [6.07, 6.45) is 0. The first-order chi connectivity index (χ1) is 9.96. The average Bonchev–Trinajstić information content (AvgIpc) is 2.47. The van der Waals surface area contributed by atoms with Gasteiger partial charge in [-0.05, 0) is 24.6 Å². The fourth-order valence-electron chi connectivity index (χ4n) is 1.90. The molecule has 0 aromatic heterocycles. The van der Waals surface area contributed by atoms with Crippen molar-refractivity contribution in [3.63, 3.8) is 0 Å². The fourth-order valence-corrected chi connectivity index (χ4v) is 3.16. The average molecular weight is 301 g/mol. The van der Waals surface area contributed by atoms with E-state index in [4.69, 9.17) is 5.26 Å². The Labute approximate surface area is 124 Å². The van der Waals surface area contributed by atoms with E-state index in [0.717, 1.165) is 5.56 Å². The van der Waals surface area contributed by atoms with E-state index < -0.39 is 10.0 Å². The standard InChI is InChI=1S/C15H14N3O2S/c1-11-5-6-13(10-17)8-15(11)21(19,20)18-14-4-2-3-12(7-14)9-16/h2-8H,10,17H2,1H3/q-1/p+1. The third-order valence-electron chi connectivity index (χ3n) is 3.02. The van der Waals surface area contributed by atoms with E-state index >= 15 is 0 Å². The molecular formula is C15H15N3O2S. The van der Waals surface area contributed by atoms with Gasteiger partial charge in [0.2, 0.25) is 0 Å². The molecule has 2 aromatic carbocycles. The largest absolute Gasteiger partial charge is 0.573 e. The van der Waals surface area contributed by atoms with Crippen LogP contribution in [-0.2, 0) is 16.6 Å². The number of hydrogen-bond acceptors (Lipinski definition) is 3. The molecule has 108 valence electrons. The summed E-state index contributed by atoms with van der Waals surface area (Å²) in [5, 5.41) is 8.84. The van der Waals surface area contributed by atoms with Gasteiger partial charge in [-0.2, -0.15) is 5.26 Å². The summed E-state index contributed by atoms with van der Waals surface area (Å²) in [5.74, 6) is 0. The van der Waals surface area contributed by atoms with Crippen LogP contribution in [0, 0.1) is 18.3 Å². The molecule has 0 aliphatic heterocycles. The van der Waals surface area contributed by atoms with Crippen molar-refractivity contribution in [2.75, 3.05) is 0 Å². The van der Waals surface area contributed by atoms with Crippen molar-refractivity contribution >= 4 is 15.7 Å². The van der Waals surface area contributed by atoms with Gasteiger partial charge in [0.1, 0.15) is 10.0 Å². The minimum atomic E-state index is -3.81. The second-order valence-corrected chi connectivity index (χ2v) is 6.15. The van der Waals surface area contributed by atoms with Crippen LogP contribution in [0.25, 0.3) is 4.72 Å². The van der Waals surface area contributed by atoms with Crippen molar-refractivity contribution in [3.05, 3.63) is 63.9 Å². The van der Waals surface area contributed by atoms with E-state index in [1.165, 1.54) is 6.07 Å². The molecule has 0 spiro atoms. The van der Waals surface area contributed by atoms with Crippen LogP contribution in [0.1, 0.15) is 16.7 Å². The molecular weight excluding hydrogens is 286 g/mol. The predicted molar refractivity (Wildman–Crippen MR) is 79.1 cm³/mol. The molecule has 0 radical (unpaired) electrons. The summed E-state index contributed by atoms with van der Waals surface area (Å²) < 4.78 is 28.6. The topological polar surface area (TPSA) is 99.7 Å². The Bertz CT molecular complexity index is 808. The highest BCUT2D eigenvalue weighted by atomic mass is 32.2. The first kappa shape index (κ1) is 15.0. The maximum atomic E-state index is 12.4. The minimum absolute atomic E-state index is 0.172. The smallest absolute Gasteiger partial charge is 0.123 e. The van der Waals surface area contributed by atoms with E-state index in [1.54, 1.807) is 37.3 Å². The van der Waals surface area contributed by atoms with Crippen LogP contribution in [0.15, 0.2) is 47.4 Å². The lowest BCUT2D eigenvalue weighted by atomic mass is 10.1. The van der Waals surface area contributed by atoms with Crippen molar-refractivity contribution in [1.29, 1.82) is 5.26 Å². The molecule has 0 saturated heterocycles. The van der Waals surface area contributed by atoms with Gasteiger partial charge in [-0.25, -0.2) is 8.42 Å². The molecule has 6 heteroatoms. The normalized spacial score (nSPS) is 10.9. The number of quaternary nitrogens is 1. The van der Waals surface area contributed by atoms with E-state index in [1.807, 2.05) is 12.1 Å². The van der Waals surface area contributed by atoms with Gasteiger partial charge in [0.05, 0.1) is 23.1 Å². The number of rotatable bonds is 4. The highest BCUT2D eigenvalue weighted by Gasteiger charge is 2.10. The first-order valence-electron chi connectivity index (χ1n) is 6.33. The summed E-state index contributed by atoms with van der Waals surface area (Å²) in [7, 11) is -3.81. The predicted octanol–water partition coefficient (Wildman–Crippen LogP) is 2.00. The molecule has 0 aliphatic carbocycles. The Morgan fingerprint density at radius 1 is 1.24 bits per heavy atom. The van der Waals surface area contributed by atoms with Gasteiger partial charge in [0.15, 0.2) is 0 Å². The highest BCUT2D eigenvalue weighted by Crippen LogP contribution is 2.30. The van der Waals surface area contributed by atoms with E-state index in [9.17, 15) is 8.42 Å². The number of sulfonamides is 1. The molecule has 0 fully saturated rings. The Kier molecular flexibility index (Phi) is 4.26. The number of hydrogen-bond donors (Lipinski definition) is 1. The maximum Gasteiger partial charge on any atom is 0.123 e. The second-order valence-electron chi connectivity index (χ2n) is 4.58. The molecule has 21 heavy (non-hydrogen) atoms. The number of nitriles is 1. The summed E-state index contributed by atoms with van der Waals surface area (Å²) in [6, 6.07) is 13.3. The van der Waals surface area contributed by atoms with Gasteiger partial charge in [0.25, 0.3) is 0 Å². The fraction of sp³-hybridized carbons (Fsp3) is 0.133. The van der Waals surface area contributed by atoms with Crippen LogP contribution in [0.3, 0.4) is 0 Å². The van der Waals surface area contributed by atoms with Crippen LogP contribution in [0.4, 0.5) is 5.69 Å². The SMILES string of the molecule is Cc1ccc(C[NH3+])cc1S(=O)(=O)[N-]c1cccc(C#N)c1. The second kappa shape index (κ2) is 5.95. The summed E-state index contributed by atoms with van der Waals surface area (Å²) >= 11 is 0. The number of aryl methyl sites for hydroxylation is 1. The quantitative estimate of drug-likeness (QED) is 0.934. The van der Waals surface area contributed by atoms with Crippen molar-refractivity contribution in [2.24, 2.45) is 0 Å². The molecule has 0 atom stereocenters. The third-order valence-corrected chi connectivity index (χ3v) is 4.47. The Balaban J connectivity index is 2.41. The van der Waals surface area contributed by atoms with Crippen LogP contribution in [0.2, 0.25) is 0 Å². The Morgan fingerprint density at radius 3 is 2.67 bits per heavy atom. The molecule has 2 aromatic rings. The summed E-state index contributed by atoms with van der Waals surface area (Å²) in [5.41, 5.74) is 5.83. The lowest BCUT2D eigenvalue weighted by Gasteiger charge is -2.23. The van der Waals surface area contributed by atoms with Gasteiger partial charge < -0.3 is 10.5 Å². The van der Waals surface area contributed by atoms with E-state index in [0.29, 0.717) is 17.7 Å². The molecule has 5 nitrogen and oxygen atoms in total. The molecule has 2 rings (SSSR count). The van der Waals surface area contributed by atoms with Crippen molar-refractivity contribution in [2.45, 2.75) is 18.4 Å². The van der Waals surface area contributed by atoms with Crippen LogP contribution in [0.5, 0.6) is 0 Å². The molecule has 0 saturated carbocycles. The summed E-state index contributed by atoms with van der Waals surface area (Å²) in [6.45, 7) is 2.23. The third kappa shape index (κ3) is 3.40. The molecule has 0 unspecified atom stereocenters. The Morgan fingerprint density at radius 2 is 2.00 bits per heavy atom. The van der Waals surface area contributed by atoms with Crippen LogP contribution in [-0.4, -0.2) is 8.42 Å². The highest BCUT2D eigenvalue weighted by molar-refractivity contribution is 7.94. The van der Waals surface area contributed by atoms with E-state index in [-0.39, 0.29) is 10.6 Å². The van der Waals surface area contributed by atoms with Crippen LogP contribution < -0.4 is 5.73 Å². The molecule has 0 aliphatic rings. The Hall–Kier alpha value is -2.36. The van der Waals surface area contributed by atoms with Gasteiger partial charge in [-0.1, -0.05) is 30.3 Å². The van der Waals surface area contributed by atoms with E-state index in [2.05, 4.69) is 10.5 Å². The lowest BCUT2D eigenvalue weighted by molar-refractivity contribution is -0.386. The summed E-state index contributed by atoms with van der Waals surface area (Å²) in [4.78, 5) is 0.172. The first-order valence-corrected chi connectivity index (χ1v) is 7.77. The van der Waals surface area contributed by atoms with Crippen molar-refractivity contribution in [1.82, 2.24) is 0 Å².